The molecule has 2 heteroatoms. The molecule has 0 aromatic rings. The molecule has 0 spiro atoms. The molecule has 0 rings (SSSR count). The molecule has 0 atom stereocenters. The molecule has 7 heavy (non-hydrogen) atoms. The van der Waals surface area contributed by atoms with Crippen LogP contribution in [-0.4, -0.2) is 11.9 Å². The van der Waals surface area contributed by atoms with Gasteiger partial charge in [-0.1, -0.05) is 0 Å². The molecule has 0 aromatic heterocycles. The van der Waals surface area contributed by atoms with E-state index in [0.717, 1.165) is 0 Å². The number of carbonyl (C=O) groups is 1. The van der Waals surface area contributed by atoms with Crippen molar-refractivity contribution in [3.8, 4) is 0 Å². The van der Waals surface area contributed by atoms with Crippen molar-refractivity contribution in [1.29, 1.82) is 0 Å². The van der Waals surface area contributed by atoms with Crippen molar-refractivity contribution in [3.05, 3.63) is 0 Å². The van der Waals surface area contributed by atoms with Gasteiger partial charge in [-0.2, -0.15) is 0 Å². The fraction of sp³-hybridized carbons (Fsp3) is 0.800. The normalized spacial score (nSPS) is 10.7. The van der Waals surface area contributed by atoms with Gasteiger partial charge in [0, 0.05) is 6.97 Å². The van der Waals surface area contributed by atoms with Crippen LogP contribution >= 0.6 is 0 Å². The van der Waals surface area contributed by atoms with E-state index in [1.54, 1.807) is 0 Å². The van der Waals surface area contributed by atoms with Gasteiger partial charge in [0.15, 0.2) is 0 Å². The van der Waals surface area contributed by atoms with Crippen LogP contribution in [0.2, 0.25) is 0 Å². The second-order valence-electron chi connectivity index (χ2n) is 2.51. The molecule has 1 amide bonds. The molecule has 0 aliphatic rings. The zero-order chi connectivity index (χ0) is 5.91. The molecule has 0 bridgehead atoms. The number of hydrogen-bond acceptors (Lipinski definition) is 1. The van der Waals surface area contributed by atoms with E-state index in [-0.39, 0.29) is 6.97 Å². The Morgan fingerprint density at radius 1 is 1.57 bits per heavy atom. The Kier molecular flexibility index (Phi) is 1.81. The molecule has 0 aromatic carbocycles. The Labute approximate surface area is 45.4 Å². The van der Waals surface area contributed by atoms with Crippen LogP contribution in [0.5, 0.6) is 0 Å². The average Bonchev–Trinajstić information content (AvgIpc) is 1.30. The van der Waals surface area contributed by atoms with Gasteiger partial charge in [-0.3, -0.25) is 4.79 Å². The molecule has 0 heterocycles. The lowest BCUT2D eigenvalue weighted by Gasteiger charge is -2.15. The summed E-state index contributed by atoms with van der Waals surface area (Å²) in [6.07, 6.45) is 0.708. The Balaban J connectivity index is 0. The van der Waals surface area contributed by atoms with Gasteiger partial charge < -0.3 is 5.32 Å². The minimum atomic E-state index is -0.0677. The Hall–Kier alpha value is -0.530. The molecule has 0 unspecified atom stereocenters. The highest BCUT2D eigenvalue weighted by Gasteiger charge is 2.04. The molecule has 44 valence electrons. The first kappa shape index (κ1) is 6.47. The monoisotopic (exact) mass is 103 g/mol. The van der Waals surface area contributed by atoms with Crippen molar-refractivity contribution < 1.29 is 6.22 Å². The largest absolute Gasteiger partial charge is 0.354 e. The quantitative estimate of drug-likeness (QED) is 0.488. The smallest absolute Gasteiger partial charge is 0.207 e. The lowest BCUT2D eigenvalue weighted by molar-refractivity contribution is -0.110. The summed E-state index contributed by atoms with van der Waals surface area (Å²) in [5.74, 6) is 0. The Morgan fingerprint density at radius 3 is 2.00 bits per heavy atom. The first-order valence-electron chi connectivity index (χ1n) is 2.27. The second kappa shape index (κ2) is 1.96. The number of carbonyl (C=O) groups excluding carboxylic acids is 1. The zero-order valence-electron chi connectivity index (χ0n) is 4.99. The minimum absolute atomic E-state index is 0. The molecule has 0 aliphatic heterocycles. The van der Waals surface area contributed by atoms with Crippen molar-refractivity contribution in [3.63, 3.8) is 0 Å². The standard InChI is InChI=1S/C5H11NO.H2/c1-5(2,3)6-4-7;/h4H,1-3H3,(H,6,7);1H. The van der Waals surface area contributed by atoms with Gasteiger partial charge in [0.25, 0.3) is 0 Å². The van der Waals surface area contributed by atoms with E-state index in [2.05, 4.69) is 5.32 Å². The van der Waals surface area contributed by atoms with Crippen LogP contribution < -0.4 is 5.32 Å². The summed E-state index contributed by atoms with van der Waals surface area (Å²) in [4.78, 5) is 9.71. The summed E-state index contributed by atoms with van der Waals surface area (Å²) in [5, 5.41) is 2.60. The highest BCUT2D eigenvalue weighted by atomic mass is 16.1. The van der Waals surface area contributed by atoms with Gasteiger partial charge in [0.2, 0.25) is 6.41 Å². The van der Waals surface area contributed by atoms with Crippen molar-refractivity contribution in [2.24, 2.45) is 0 Å². The van der Waals surface area contributed by atoms with Gasteiger partial charge in [0.05, 0.1) is 0 Å². The third-order valence-electron chi connectivity index (χ3n) is 0.492. The Morgan fingerprint density at radius 2 is 2.00 bits per heavy atom. The third-order valence-corrected chi connectivity index (χ3v) is 0.492. The van der Waals surface area contributed by atoms with Crippen molar-refractivity contribution in [1.82, 2.24) is 5.32 Å². The van der Waals surface area contributed by atoms with E-state index in [1.807, 2.05) is 20.8 Å². The summed E-state index contributed by atoms with van der Waals surface area (Å²) in [6, 6.07) is 0. The summed E-state index contributed by atoms with van der Waals surface area (Å²) >= 11 is 0. The summed E-state index contributed by atoms with van der Waals surface area (Å²) in [5.41, 5.74) is -0.0677. The SMILES string of the molecule is CC(C)(C)NC=O.[HH]. The van der Waals surface area contributed by atoms with Crippen LogP contribution in [0.3, 0.4) is 0 Å². The maximum Gasteiger partial charge on any atom is 0.207 e. The minimum Gasteiger partial charge on any atom is -0.354 e. The Bertz CT molecular complexity index is 67.3. The molecule has 1 N–H and O–H groups in total. The molecule has 0 radical (unpaired) electrons. The summed E-state index contributed by atoms with van der Waals surface area (Å²) in [6.45, 7) is 5.80. The van der Waals surface area contributed by atoms with Crippen LogP contribution in [0.15, 0.2) is 0 Å². The fourth-order valence-corrected chi connectivity index (χ4v) is 0.177. The fourth-order valence-electron chi connectivity index (χ4n) is 0.177. The predicted molar refractivity (Wildman–Crippen MR) is 31.1 cm³/mol. The number of nitrogens with one attached hydrogen (secondary N) is 1. The van der Waals surface area contributed by atoms with Crippen LogP contribution in [0.25, 0.3) is 0 Å². The molecular weight excluding hydrogens is 90.1 g/mol. The molecule has 0 saturated heterocycles. The highest BCUT2D eigenvalue weighted by Crippen LogP contribution is 1.94. The van der Waals surface area contributed by atoms with Crippen molar-refractivity contribution >= 4 is 6.41 Å². The van der Waals surface area contributed by atoms with E-state index in [1.165, 1.54) is 0 Å². The lowest BCUT2D eigenvalue weighted by Crippen LogP contribution is -2.34. The van der Waals surface area contributed by atoms with Gasteiger partial charge in [-0.05, 0) is 20.8 Å². The van der Waals surface area contributed by atoms with E-state index in [9.17, 15) is 4.79 Å². The second-order valence-corrected chi connectivity index (χ2v) is 2.51. The molecule has 0 aliphatic carbocycles. The van der Waals surface area contributed by atoms with E-state index in [4.69, 9.17) is 0 Å². The van der Waals surface area contributed by atoms with Gasteiger partial charge in [0.1, 0.15) is 0 Å². The number of hydrogen-bond donors (Lipinski definition) is 1. The average molecular weight is 103 g/mol. The van der Waals surface area contributed by atoms with Gasteiger partial charge in [-0.25, -0.2) is 0 Å². The third kappa shape index (κ3) is 5.47. The van der Waals surface area contributed by atoms with Crippen LogP contribution in [0, 0.1) is 0 Å². The number of rotatable bonds is 1. The zero-order valence-corrected chi connectivity index (χ0v) is 4.99. The van der Waals surface area contributed by atoms with Crippen LogP contribution in [0.1, 0.15) is 22.2 Å². The van der Waals surface area contributed by atoms with Crippen molar-refractivity contribution in [2.75, 3.05) is 0 Å². The summed E-state index contributed by atoms with van der Waals surface area (Å²) in [7, 11) is 0. The van der Waals surface area contributed by atoms with Crippen molar-refractivity contribution in [2.45, 2.75) is 26.3 Å². The highest BCUT2D eigenvalue weighted by molar-refractivity contribution is 5.47. The summed E-state index contributed by atoms with van der Waals surface area (Å²) < 4.78 is 0. The van der Waals surface area contributed by atoms with E-state index < -0.39 is 0 Å². The maximum absolute atomic E-state index is 9.71. The van der Waals surface area contributed by atoms with Gasteiger partial charge in [-0.15, -0.1) is 0 Å². The van der Waals surface area contributed by atoms with E-state index in [0.29, 0.717) is 6.41 Å². The first-order chi connectivity index (χ1) is 3.06. The lowest BCUT2D eigenvalue weighted by atomic mass is 10.1. The topological polar surface area (TPSA) is 29.1 Å². The van der Waals surface area contributed by atoms with Crippen LogP contribution in [0.4, 0.5) is 0 Å². The van der Waals surface area contributed by atoms with Crippen LogP contribution in [-0.2, 0) is 4.79 Å². The molecule has 0 fully saturated rings. The predicted octanol–water partition coefficient (Wildman–Crippen LogP) is 0.777. The number of amides is 1. The molecule has 2 nitrogen and oxygen atoms in total. The first-order valence-corrected chi connectivity index (χ1v) is 2.27. The molecule has 0 saturated carbocycles. The van der Waals surface area contributed by atoms with E-state index >= 15 is 0 Å². The van der Waals surface area contributed by atoms with Gasteiger partial charge >= 0.3 is 0 Å². The maximum atomic E-state index is 9.71. The molecular formula is C5H13NO.